The van der Waals surface area contributed by atoms with Crippen LogP contribution >= 0.6 is 11.3 Å². The maximum absolute atomic E-state index is 12.0. The van der Waals surface area contributed by atoms with Gasteiger partial charge in [0.2, 0.25) is 0 Å². The Morgan fingerprint density at radius 3 is 2.24 bits per heavy atom. The Hall–Kier alpha value is -1.12. The van der Waals surface area contributed by atoms with Crippen LogP contribution in [-0.4, -0.2) is 59.6 Å². The topological polar surface area (TPSA) is 83.7 Å². The molecule has 8 heteroatoms. The third kappa shape index (κ3) is 4.18. The molecule has 0 aromatic carbocycles. The molecule has 0 fully saturated rings. The number of nitrogens with zero attached hydrogens (tertiary/aromatic N) is 2. The van der Waals surface area contributed by atoms with E-state index < -0.39 is 9.84 Å². The maximum atomic E-state index is 12.0. The molecular weight excluding hydrogens is 310 g/mol. The summed E-state index contributed by atoms with van der Waals surface area (Å²) in [7, 11) is 2.21. The molecule has 2 N–H and O–H groups in total. The first-order valence-corrected chi connectivity index (χ1v) is 9.31. The second kappa shape index (κ2) is 6.76. The van der Waals surface area contributed by atoms with Crippen LogP contribution in [0.2, 0.25) is 0 Å². The highest BCUT2D eigenvalue weighted by Crippen LogP contribution is 2.41. The Kier molecular flexibility index (Phi) is 5.77. The fourth-order valence-electron chi connectivity index (χ4n) is 1.85. The molecule has 0 unspecified atom stereocenters. The number of ketones is 1. The first kappa shape index (κ1) is 17.9. The Balaban J connectivity index is 3.33. The van der Waals surface area contributed by atoms with E-state index in [-0.39, 0.29) is 16.4 Å². The number of carbonyl (C=O) groups is 1. The molecular formula is C13H23N3O3S2. The van der Waals surface area contributed by atoms with E-state index >= 15 is 0 Å². The summed E-state index contributed by atoms with van der Waals surface area (Å²) in [5.41, 5.74) is 6.02. The summed E-state index contributed by atoms with van der Waals surface area (Å²) >= 11 is 1.16. The Morgan fingerprint density at radius 1 is 1.24 bits per heavy atom. The minimum Gasteiger partial charge on any atom is -0.396 e. The van der Waals surface area contributed by atoms with Crippen molar-refractivity contribution in [3.05, 3.63) is 4.88 Å². The zero-order chi connectivity index (χ0) is 16.4. The number of rotatable bonds is 7. The predicted octanol–water partition coefficient (Wildman–Crippen LogP) is 1.32. The van der Waals surface area contributed by atoms with Crippen molar-refractivity contribution in [1.82, 2.24) is 4.90 Å². The molecule has 0 bridgehead atoms. The van der Waals surface area contributed by atoms with E-state index in [1.165, 1.54) is 0 Å². The van der Waals surface area contributed by atoms with Crippen LogP contribution in [0.5, 0.6) is 0 Å². The molecule has 0 radical (unpaired) electrons. The number of nitrogens with two attached hydrogens (primary N) is 1. The SMILES string of the molecule is CCC(=O)c1sc(N(C)CCN(C)C)c(S(C)(=O)=O)c1N. The van der Waals surface area contributed by atoms with Crippen LogP contribution in [0.4, 0.5) is 10.7 Å². The average molecular weight is 333 g/mol. The lowest BCUT2D eigenvalue weighted by atomic mass is 10.2. The minimum atomic E-state index is -3.49. The fourth-order valence-corrected chi connectivity index (χ4v) is 4.58. The standard InChI is InChI=1S/C13H23N3O3S2/c1-6-9(17)11-10(14)12(21(5,18)19)13(20-11)16(4)8-7-15(2)3/h6-8,14H2,1-5H3. The van der Waals surface area contributed by atoms with E-state index in [0.717, 1.165) is 24.1 Å². The van der Waals surface area contributed by atoms with E-state index in [9.17, 15) is 13.2 Å². The zero-order valence-electron chi connectivity index (χ0n) is 13.1. The average Bonchev–Trinajstić information content (AvgIpc) is 2.72. The van der Waals surface area contributed by atoms with Crippen LogP contribution in [0, 0.1) is 0 Å². The van der Waals surface area contributed by atoms with Gasteiger partial charge in [0.25, 0.3) is 0 Å². The summed E-state index contributed by atoms with van der Waals surface area (Å²) < 4.78 is 24.0. The van der Waals surface area contributed by atoms with Gasteiger partial charge in [-0.2, -0.15) is 0 Å². The van der Waals surface area contributed by atoms with Gasteiger partial charge in [0.05, 0.1) is 10.6 Å². The van der Waals surface area contributed by atoms with E-state index in [0.29, 0.717) is 22.8 Å². The van der Waals surface area contributed by atoms with Crippen molar-refractivity contribution in [2.24, 2.45) is 0 Å². The van der Waals surface area contributed by atoms with E-state index in [1.54, 1.807) is 6.92 Å². The molecule has 0 aliphatic heterocycles. The quantitative estimate of drug-likeness (QED) is 0.758. The summed E-state index contributed by atoms with van der Waals surface area (Å²) in [6.07, 6.45) is 1.42. The molecule has 0 amide bonds. The molecule has 0 saturated heterocycles. The zero-order valence-corrected chi connectivity index (χ0v) is 14.8. The number of hydrogen-bond acceptors (Lipinski definition) is 7. The summed E-state index contributed by atoms with van der Waals surface area (Å²) in [6.45, 7) is 3.15. The highest BCUT2D eigenvalue weighted by molar-refractivity contribution is 7.91. The summed E-state index contributed by atoms with van der Waals surface area (Å²) in [5.74, 6) is -0.130. The monoisotopic (exact) mass is 333 g/mol. The Bertz CT molecular complexity index is 621. The highest BCUT2D eigenvalue weighted by Gasteiger charge is 2.28. The van der Waals surface area contributed by atoms with Crippen molar-refractivity contribution < 1.29 is 13.2 Å². The van der Waals surface area contributed by atoms with Crippen LogP contribution < -0.4 is 10.6 Å². The fraction of sp³-hybridized carbons (Fsp3) is 0.615. The van der Waals surface area contributed by atoms with Gasteiger partial charge < -0.3 is 15.5 Å². The lowest BCUT2D eigenvalue weighted by Gasteiger charge is -2.21. The van der Waals surface area contributed by atoms with Crippen molar-refractivity contribution in [2.45, 2.75) is 18.2 Å². The minimum absolute atomic E-state index is 0.0746. The van der Waals surface area contributed by atoms with Crippen LogP contribution in [0.15, 0.2) is 4.90 Å². The molecule has 1 heterocycles. The molecule has 1 aromatic heterocycles. The summed E-state index contributed by atoms with van der Waals surface area (Å²) in [5, 5.41) is 0.536. The number of anilines is 2. The van der Waals surface area contributed by atoms with Crippen molar-refractivity contribution in [1.29, 1.82) is 0 Å². The summed E-state index contributed by atoms with van der Waals surface area (Å²) in [6, 6.07) is 0. The molecule has 0 aliphatic rings. The van der Waals surface area contributed by atoms with Gasteiger partial charge in [-0.1, -0.05) is 6.92 Å². The van der Waals surface area contributed by atoms with Gasteiger partial charge in [-0.3, -0.25) is 4.79 Å². The van der Waals surface area contributed by atoms with Crippen molar-refractivity contribution in [3.63, 3.8) is 0 Å². The number of thiophene rings is 1. The third-order valence-electron chi connectivity index (χ3n) is 3.06. The molecule has 120 valence electrons. The maximum Gasteiger partial charge on any atom is 0.180 e. The van der Waals surface area contributed by atoms with Gasteiger partial charge in [-0.25, -0.2) is 8.42 Å². The molecule has 0 atom stereocenters. The first-order chi connectivity index (χ1) is 9.59. The first-order valence-electron chi connectivity index (χ1n) is 6.61. The molecule has 0 aliphatic carbocycles. The van der Waals surface area contributed by atoms with Crippen LogP contribution in [-0.2, 0) is 9.84 Å². The predicted molar refractivity (Wildman–Crippen MR) is 88.3 cm³/mol. The van der Waals surface area contributed by atoms with Gasteiger partial charge in [-0.15, -0.1) is 11.3 Å². The van der Waals surface area contributed by atoms with E-state index in [1.807, 2.05) is 30.9 Å². The smallest absolute Gasteiger partial charge is 0.180 e. The Morgan fingerprint density at radius 2 is 1.81 bits per heavy atom. The van der Waals surface area contributed by atoms with Gasteiger partial charge >= 0.3 is 0 Å². The molecule has 21 heavy (non-hydrogen) atoms. The van der Waals surface area contributed by atoms with E-state index in [4.69, 9.17) is 5.73 Å². The third-order valence-corrected chi connectivity index (χ3v) is 5.70. The van der Waals surface area contributed by atoms with E-state index in [2.05, 4.69) is 0 Å². The largest absolute Gasteiger partial charge is 0.396 e. The van der Waals surface area contributed by atoms with Gasteiger partial charge in [-0.05, 0) is 14.1 Å². The van der Waals surface area contributed by atoms with Gasteiger partial charge in [0, 0.05) is 32.8 Å². The van der Waals surface area contributed by atoms with Crippen LogP contribution in [0.3, 0.4) is 0 Å². The molecule has 1 aromatic rings. The number of likely N-dealkylation sites (N-methyl/N-ethyl adjacent to an activating group) is 2. The number of nitrogen functional groups attached to an aromatic ring is 1. The molecule has 0 spiro atoms. The van der Waals surface area contributed by atoms with Crippen LogP contribution in [0.25, 0.3) is 0 Å². The van der Waals surface area contributed by atoms with Crippen molar-refractivity contribution >= 4 is 37.6 Å². The molecule has 1 rings (SSSR count). The lowest BCUT2D eigenvalue weighted by Crippen LogP contribution is -2.28. The van der Waals surface area contributed by atoms with Crippen molar-refractivity contribution in [3.8, 4) is 0 Å². The molecule has 0 saturated carbocycles. The Labute approximate surface area is 130 Å². The lowest BCUT2D eigenvalue weighted by molar-refractivity contribution is 0.0992. The van der Waals surface area contributed by atoms with Crippen molar-refractivity contribution in [2.75, 3.05) is 51.1 Å². The van der Waals surface area contributed by atoms with Gasteiger partial charge in [0.1, 0.15) is 9.90 Å². The van der Waals surface area contributed by atoms with Gasteiger partial charge in [0.15, 0.2) is 15.6 Å². The normalized spacial score (nSPS) is 11.9. The number of carbonyl (C=O) groups excluding carboxylic acids is 1. The molecule has 6 nitrogen and oxygen atoms in total. The number of hydrogen-bond donors (Lipinski definition) is 1. The second-order valence-electron chi connectivity index (χ2n) is 5.25. The van der Waals surface area contributed by atoms with Crippen LogP contribution in [0.1, 0.15) is 23.0 Å². The second-order valence-corrected chi connectivity index (χ2v) is 8.20. The highest BCUT2D eigenvalue weighted by atomic mass is 32.2. The summed E-state index contributed by atoms with van der Waals surface area (Å²) in [4.78, 5) is 16.2. The number of sulfone groups is 1. The number of Topliss-reactive ketones (excluding diaryl/α,β-unsaturated/α-hetero) is 1.